The fourth-order valence-corrected chi connectivity index (χ4v) is 2.96. The summed E-state index contributed by atoms with van der Waals surface area (Å²) in [7, 11) is 0. The molecule has 0 radical (unpaired) electrons. The van der Waals surface area contributed by atoms with E-state index < -0.39 is 0 Å². The van der Waals surface area contributed by atoms with E-state index in [9.17, 15) is 0 Å². The van der Waals surface area contributed by atoms with E-state index in [2.05, 4.69) is 80.3 Å². The second kappa shape index (κ2) is 8.14. The van der Waals surface area contributed by atoms with Crippen molar-refractivity contribution in [2.45, 2.75) is 65.5 Å². The lowest BCUT2D eigenvalue weighted by atomic mass is 9.92. The highest BCUT2D eigenvalue weighted by Crippen LogP contribution is 2.24. The number of hydrogen-bond acceptors (Lipinski definition) is 0. The van der Waals surface area contributed by atoms with Crippen LogP contribution in [0.3, 0.4) is 0 Å². The minimum Gasteiger partial charge on any atom is -0.237 e. The van der Waals surface area contributed by atoms with E-state index in [0.717, 1.165) is 25.9 Å². The molecule has 0 bridgehead atoms. The van der Waals surface area contributed by atoms with E-state index in [-0.39, 0.29) is 0 Å². The van der Waals surface area contributed by atoms with Crippen LogP contribution in [0, 0.1) is 0 Å². The first kappa shape index (κ1) is 17.5. The predicted molar refractivity (Wildman–Crippen MR) is 97.8 cm³/mol. The molecule has 0 N–H and O–H groups in total. The Morgan fingerprint density at radius 1 is 1.17 bits per heavy atom. The predicted octanol–water partition coefficient (Wildman–Crippen LogP) is 5.04. The average Bonchev–Trinajstić information content (AvgIpc) is 2.94. The van der Waals surface area contributed by atoms with Gasteiger partial charge in [0.05, 0.1) is 6.54 Å². The third-order valence-corrected chi connectivity index (χ3v) is 4.38. The van der Waals surface area contributed by atoms with E-state index >= 15 is 0 Å². The second-order valence-electron chi connectivity index (χ2n) is 7.02. The molecule has 1 aromatic carbocycles. The number of aromatic nitrogens is 2. The van der Waals surface area contributed by atoms with Gasteiger partial charge in [0.25, 0.3) is 0 Å². The van der Waals surface area contributed by atoms with E-state index in [4.69, 9.17) is 0 Å². The smallest absolute Gasteiger partial charge is 0.237 e. The minimum atomic E-state index is 0.557. The lowest BCUT2D eigenvalue weighted by Gasteiger charge is -2.15. The second-order valence-corrected chi connectivity index (χ2v) is 7.02. The molecule has 0 spiro atoms. The fraction of sp³-hybridized carbons (Fsp3) is 0.476. The monoisotopic (exact) mass is 311 g/mol. The summed E-state index contributed by atoms with van der Waals surface area (Å²) < 4.78 is 4.56. The van der Waals surface area contributed by atoms with Crippen molar-refractivity contribution in [2.24, 2.45) is 0 Å². The maximum Gasteiger partial charge on any atom is 0.244 e. The zero-order valence-corrected chi connectivity index (χ0v) is 15.1. The van der Waals surface area contributed by atoms with Gasteiger partial charge >= 0.3 is 0 Å². The van der Waals surface area contributed by atoms with Crippen LogP contribution in [-0.2, 0) is 13.1 Å². The van der Waals surface area contributed by atoms with Crippen LogP contribution in [0.15, 0.2) is 49.6 Å². The van der Waals surface area contributed by atoms with Crippen LogP contribution in [0.2, 0.25) is 0 Å². The Balaban J connectivity index is 2.17. The number of nitrogens with zero attached hydrogens (tertiary/aromatic N) is 2. The summed E-state index contributed by atoms with van der Waals surface area (Å²) in [6.45, 7) is 14.9. The van der Waals surface area contributed by atoms with Gasteiger partial charge in [-0.2, -0.15) is 0 Å². The lowest BCUT2D eigenvalue weighted by molar-refractivity contribution is -0.687. The van der Waals surface area contributed by atoms with Crippen LogP contribution < -0.4 is 4.57 Å². The van der Waals surface area contributed by atoms with Gasteiger partial charge in [0, 0.05) is 0 Å². The Kier molecular flexibility index (Phi) is 6.20. The molecular weight excluding hydrogens is 280 g/mol. The summed E-state index contributed by atoms with van der Waals surface area (Å²) in [5.41, 5.74) is 4.33. The highest BCUT2D eigenvalue weighted by Gasteiger charge is 2.12. The zero-order chi connectivity index (χ0) is 16.8. The van der Waals surface area contributed by atoms with Crippen molar-refractivity contribution >= 4 is 0 Å². The largest absolute Gasteiger partial charge is 0.244 e. The molecule has 1 aromatic heterocycles. The van der Waals surface area contributed by atoms with Crippen LogP contribution >= 0.6 is 0 Å². The highest BCUT2D eigenvalue weighted by atomic mass is 15.1. The summed E-state index contributed by atoms with van der Waals surface area (Å²) in [5, 5.41) is 0. The molecule has 2 heteroatoms. The van der Waals surface area contributed by atoms with Crippen molar-refractivity contribution in [2.75, 3.05) is 0 Å². The van der Waals surface area contributed by atoms with E-state index in [1.165, 1.54) is 16.7 Å². The van der Waals surface area contributed by atoms with Crippen LogP contribution in [-0.4, -0.2) is 4.57 Å². The molecular formula is C21H31N2+. The topological polar surface area (TPSA) is 8.81 Å². The van der Waals surface area contributed by atoms with E-state index in [1.54, 1.807) is 0 Å². The molecule has 0 atom stereocenters. The van der Waals surface area contributed by atoms with Crippen molar-refractivity contribution in [3.63, 3.8) is 0 Å². The molecule has 0 amide bonds. The Bertz CT molecular complexity index is 635. The molecule has 2 rings (SSSR count). The van der Waals surface area contributed by atoms with Crippen molar-refractivity contribution in [1.29, 1.82) is 0 Å². The maximum absolute atomic E-state index is 3.79. The van der Waals surface area contributed by atoms with Gasteiger partial charge in [0.15, 0.2) is 0 Å². The zero-order valence-electron chi connectivity index (χ0n) is 15.1. The quantitative estimate of drug-likeness (QED) is 0.367. The van der Waals surface area contributed by atoms with Gasteiger partial charge in [-0.3, -0.25) is 0 Å². The van der Waals surface area contributed by atoms with Gasteiger partial charge in [0.2, 0.25) is 6.33 Å². The standard InChI is InChI=1S/C21H31N2/c1-6-7-8-11-22-12-13-23(16-22)15-20-14-19(17(2)3)9-10-21(20)18(4)5/h6,9-10,12-14,16-18H,1,7-8,11,15H2,2-5H3/q+1. The number of hydrogen-bond donors (Lipinski definition) is 0. The molecule has 0 aliphatic carbocycles. The summed E-state index contributed by atoms with van der Waals surface area (Å²) in [6, 6.07) is 6.99. The summed E-state index contributed by atoms with van der Waals surface area (Å²) >= 11 is 0. The normalized spacial score (nSPS) is 11.4. The first-order valence-corrected chi connectivity index (χ1v) is 8.79. The molecule has 0 unspecified atom stereocenters. The van der Waals surface area contributed by atoms with E-state index in [1.807, 2.05) is 6.08 Å². The molecule has 0 saturated carbocycles. The number of unbranched alkanes of at least 4 members (excludes halogenated alkanes) is 1. The van der Waals surface area contributed by atoms with Gasteiger partial charge in [-0.1, -0.05) is 52.0 Å². The fourth-order valence-electron chi connectivity index (χ4n) is 2.96. The molecule has 0 aliphatic rings. The van der Waals surface area contributed by atoms with Crippen LogP contribution in [0.5, 0.6) is 0 Å². The van der Waals surface area contributed by atoms with Gasteiger partial charge in [-0.25, -0.2) is 9.13 Å². The van der Waals surface area contributed by atoms with Gasteiger partial charge < -0.3 is 0 Å². The van der Waals surface area contributed by atoms with Crippen molar-refractivity contribution < 1.29 is 4.57 Å². The summed E-state index contributed by atoms with van der Waals surface area (Å²) in [5.74, 6) is 1.13. The third kappa shape index (κ3) is 4.82. The highest BCUT2D eigenvalue weighted by molar-refractivity contribution is 5.35. The van der Waals surface area contributed by atoms with E-state index in [0.29, 0.717) is 11.8 Å². The SMILES string of the molecule is C=CCCCn1cc[n+](Cc2cc(C(C)C)ccc2C(C)C)c1. The van der Waals surface area contributed by atoms with Gasteiger partial charge in [0.1, 0.15) is 18.9 Å². The van der Waals surface area contributed by atoms with Crippen molar-refractivity contribution in [1.82, 2.24) is 4.57 Å². The maximum atomic E-state index is 3.79. The Labute approximate surface area is 141 Å². The lowest BCUT2D eigenvalue weighted by Crippen LogP contribution is -2.32. The molecule has 0 aliphatic heterocycles. The number of rotatable bonds is 8. The van der Waals surface area contributed by atoms with Crippen molar-refractivity contribution in [3.05, 3.63) is 66.3 Å². The first-order chi connectivity index (χ1) is 11.0. The molecule has 23 heavy (non-hydrogen) atoms. The molecule has 2 aromatic rings. The summed E-state index contributed by atoms with van der Waals surface area (Å²) in [6.07, 6.45) is 10.8. The van der Waals surface area contributed by atoms with Crippen LogP contribution in [0.1, 0.15) is 69.1 Å². The van der Waals surface area contributed by atoms with Crippen LogP contribution in [0.25, 0.3) is 0 Å². The Morgan fingerprint density at radius 2 is 1.96 bits per heavy atom. The number of allylic oxidation sites excluding steroid dienone is 1. The van der Waals surface area contributed by atoms with Gasteiger partial charge in [-0.15, -0.1) is 6.58 Å². The summed E-state index contributed by atoms with van der Waals surface area (Å²) in [4.78, 5) is 0. The van der Waals surface area contributed by atoms with Gasteiger partial charge in [-0.05, 0) is 41.4 Å². The van der Waals surface area contributed by atoms with Crippen LogP contribution in [0.4, 0.5) is 0 Å². The molecule has 2 nitrogen and oxygen atoms in total. The number of imidazole rings is 1. The number of benzene rings is 1. The first-order valence-electron chi connectivity index (χ1n) is 8.79. The average molecular weight is 311 g/mol. The third-order valence-electron chi connectivity index (χ3n) is 4.38. The molecule has 1 heterocycles. The Hall–Kier alpha value is -1.83. The molecule has 0 saturated heterocycles. The molecule has 124 valence electrons. The number of aryl methyl sites for hydroxylation is 1. The molecule has 0 fully saturated rings. The van der Waals surface area contributed by atoms with Crippen molar-refractivity contribution in [3.8, 4) is 0 Å². The Morgan fingerprint density at radius 3 is 2.61 bits per heavy atom. The minimum absolute atomic E-state index is 0.557.